The summed E-state index contributed by atoms with van der Waals surface area (Å²) in [6, 6.07) is -0.433. The van der Waals surface area contributed by atoms with E-state index in [-0.39, 0.29) is 17.7 Å². The number of hydrogen-bond donors (Lipinski definition) is 1. The van der Waals surface area contributed by atoms with Gasteiger partial charge in [0, 0.05) is 5.38 Å². The molecule has 1 aromatic rings. The number of carbonyl (C=O) groups excluding carboxylic acids is 2. The van der Waals surface area contributed by atoms with E-state index >= 15 is 0 Å². The van der Waals surface area contributed by atoms with E-state index in [4.69, 9.17) is 0 Å². The summed E-state index contributed by atoms with van der Waals surface area (Å²) in [5, 5.41) is 5.72. The number of hydrogen-bond acceptors (Lipinski definition) is 4. The molecule has 1 atom stereocenters. The molecule has 0 aromatic carbocycles. The quantitative estimate of drug-likeness (QED) is 0.923. The van der Waals surface area contributed by atoms with Gasteiger partial charge in [-0.25, -0.2) is 4.98 Å². The van der Waals surface area contributed by atoms with Gasteiger partial charge in [0.25, 0.3) is 0 Å². The van der Waals surface area contributed by atoms with Crippen molar-refractivity contribution in [2.45, 2.75) is 52.7 Å². The monoisotopic (exact) mass is 295 g/mol. The summed E-state index contributed by atoms with van der Waals surface area (Å²) in [7, 11) is 0. The van der Waals surface area contributed by atoms with Crippen molar-refractivity contribution in [1.82, 2.24) is 15.2 Å². The van der Waals surface area contributed by atoms with E-state index in [0.717, 1.165) is 10.7 Å². The molecule has 1 N–H and O–H groups in total. The van der Waals surface area contributed by atoms with Crippen LogP contribution in [0.3, 0.4) is 0 Å². The van der Waals surface area contributed by atoms with Crippen LogP contribution >= 0.6 is 11.3 Å². The largest absolute Gasteiger partial charge is 0.340 e. The first-order valence-corrected chi connectivity index (χ1v) is 7.64. The Kier molecular flexibility index (Phi) is 3.86. The summed E-state index contributed by atoms with van der Waals surface area (Å²) in [4.78, 5) is 30.9. The van der Waals surface area contributed by atoms with Gasteiger partial charge in [-0.3, -0.25) is 9.59 Å². The molecule has 1 saturated heterocycles. The SMILES string of the molecule is Cc1nc(CN2C(=O)C(C)(C)NC(=O)C2C(C)C)cs1. The predicted octanol–water partition coefficient (Wildman–Crippen LogP) is 1.71. The normalized spacial score (nSPS) is 22.3. The average Bonchev–Trinajstić information content (AvgIpc) is 2.70. The first-order valence-electron chi connectivity index (χ1n) is 6.76. The third-order valence-corrected chi connectivity index (χ3v) is 4.29. The lowest BCUT2D eigenvalue weighted by molar-refractivity contribution is -0.156. The Labute approximate surface area is 123 Å². The van der Waals surface area contributed by atoms with E-state index < -0.39 is 11.6 Å². The minimum atomic E-state index is -0.854. The summed E-state index contributed by atoms with van der Waals surface area (Å²) < 4.78 is 0. The van der Waals surface area contributed by atoms with Crippen LogP contribution in [0.4, 0.5) is 0 Å². The topological polar surface area (TPSA) is 62.3 Å². The summed E-state index contributed by atoms with van der Waals surface area (Å²) in [6.45, 7) is 9.71. The fourth-order valence-electron chi connectivity index (χ4n) is 2.55. The van der Waals surface area contributed by atoms with Crippen LogP contribution in [0.25, 0.3) is 0 Å². The number of amides is 2. The summed E-state index contributed by atoms with van der Waals surface area (Å²) in [5.74, 6) is -0.0761. The Hall–Kier alpha value is -1.43. The van der Waals surface area contributed by atoms with Crippen LogP contribution in [-0.2, 0) is 16.1 Å². The highest BCUT2D eigenvalue weighted by Crippen LogP contribution is 2.25. The van der Waals surface area contributed by atoms with Crippen molar-refractivity contribution in [1.29, 1.82) is 0 Å². The lowest BCUT2D eigenvalue weighted by atomic mass is 9.91. The van der Waals surface area contributed by atoms with Crippen molar-refractivity contribution in [2.24, 2.45) is 5.92 Å². The molecule has 1 fully saturated rings. The molecule has 0 radical (unpaired) electrons. The van der Waals surface area contributed by atoms with Crippen LogP contribution in [-0.4, -0.2) is 33.3 Å². The number of rotatable bonds is 3. The van der Waals surface area contributed by atoms with Crippen molar-refractivity contribution >= 4 is 23.2 Å². The van der Waals surface area contributed by atoms with Crippen LogP contribution in [0.1, 0.15) is 38.4 Å². The lowest BCUT2D eigenvalue weighted by Crippen LogP contribution is -2.68. The summed E-state index contributed by atoms with van der Waals surface area (Å²) in [6.07, 6.45) is 0. The van der Waals surface area contributed by atoms with Gasteiger partial charge >= 0.3 is 0 Å². The maximum atomic E-state index is 12.6. The number of carbonyl (C=O) groups is 2. The molecule has 5 nitrogen and oxygen atoms in total. The molecule has 20 heavy (non-hydrogen) atoms. The Balaban J connectivity index is 2.32. The summed E-state index contributed by atoms with van der Waals surface area (Å²) >= 11 is 1.55. The molecule has 2 heterocycles. The smallest absolute Gasteiger partial charge is 0.248 e. The van der Waals surface area contributed by atoms with Crippen LogP contribution in [0, 0.1) is 12.8 Å². The second kappa shape index (κ2) is 5.16. The zero-order valence-corrected chi connectivity index (χ0v) is 13.4. The number of aromatic nitrogens is 1. The van der Waals surface area contributed by atoms with Crippen LogP contribution < -0.4 is 5.32 Å². The predicted molar refractivity (Wildman–Crippen MR) is 78.2 cm³/mol. The van der Waals surface area contributed by atoms with Gasteiger partial charge in [-0.05, 0) is 26.7 Å². The van der Waals surface area contributed by atoms with E-state index in [9.17, 15) is 9.59 Å². The highest BCUT2D eigenvalue weighted by atomic mass is 32.1. The van der Waals surface area contributed by atoms with Gasteiger partial charge in [0.15, 0.2) is 0 Å². The van der Waals surface area contributed by atoms with Crippen molar-refractivity contribution in [3.63, 3.8) is 0 Å². The average molecular weight is 295 g/mol. The van der Waals surface area contributed by atoms with E-state index in [1.54, 1.807) is 30.1 Å². The molecule has 110 valence electrons. The van der Waals surface area contributed by atoms with Gasteiger partial charge in [-0.2, -0.15) is 0 Å². The van der Waals surface area contributed by atoms with Crippen LogP contribution in [0.15, 0.2) is 5.38 Å². The van der Waals surface area contributed by atoms with Gasteiger partial charge in [-0.1, -0.05) is 13.8 Å². The van der Waals surface area contributed by atoms with E-state index in [1.807, 2.05) is 26.2 Å². The molecule has 1 unspecified atom stereocenters. The molecule has 2 amide bonds. The standard InChI is InChI=1S/C14H21N3O2S/c1-8(2)11-12(18)16-14(4,5)13(19)17(11)6-10-7-20-9(3)15-10/h7-8,11H,6H2,1-5H3,(H,16,18). The zero-order chi connectivity index (χ0) is 15.1. The fraction of sp³-hybridized carbons (Fsp3) is 0.643. The van der Waals surface area contributed by atoms with E-state index in [1.165, 1.54) is 0 Å². The fourth-order valence-corrected chi connectivity index (χ4v) is 3.15. The van der Waals surface area contributed by atoms with Crippen molar-refractivity contribution in [3.05, 3.63) is 16.1 Å². The van der Waals surface area contributed by atoms with E-state index in [0.29, 0.717) is 6.54 Å². The first kappa shape index (κ1) is 15.0. The third kappa shape index (κ3) is 2.70. The molecule has 1 aliphatic rings. The molecule has 0 spiro atoms. The first-order chi connectivity index (χ1) is 9.22. The molecule has 0 bridgehead atoms. The minimum absolute atomic E-state index is 0.0542. The highest BCUT2D eigenvalue weighted by molar-refractivity contribution is 7.09. The molecule has 2 rings (SSSR count). The van der Waals surface area contributed by atoms with E-state index in [2.05, 4.69) is 10.3 Å². The summed E-state index contributed by atoms with van der Waals surface area (Å²) in [5.41, 5.74) is -0.00919. The van der Waals surface area contributed by atoms with Crippen molar-refractivity contribution in [3.8, 4) is 0 Å². The number of aryl methyl sites for hydroxylation is 1. The number of nitrogens with zero attached hydrogens (tertiary/aromatic N) is 2. The maximum absolute atomic E-state index is 12.6. The van der Waals surface area contributed by atoms with Crippen LogP contribution in [0.5, 0.6) is 0 Å². The van der Waals surface area contributed by atoms with Crippen LogP contribution in [0.2, 0.25) is 0 Å². The molecular weight excluding hydrogens is 274 g/mol. The van der Waals surface area contributed by atoms with Gasteiger partial charge in [0.2, 0.25) is 11.8 Å². The number of nitrogens with one attached hydrogen (secondary N) is 1. The number of piperazine rings is 1. The van der Waals surface area contributed by atoms with Crippen molar-refractivity contribution < 1.29 is 9.59 Å². The second-order valence-electron chi connectivity index (χ2n) is 6.09. The highest BCUT2D eigenvalue weighted by Gasteiger charge is 2.46. The van der Waals surface area contributed by atoms with Crippen molar-refractivity contribution in [2.75, 3.05) is 0 Å². The minimum Gasteiger partial charge on any atom is -0.340 e. The molecular formula is C14H21N3O2S. The van der Waals surface area contributed by atoms with Gasteiger partial charge < -0.3 is 10.2 Å². The molecule has 6 heteroatoms. The third-order valence-electron chi connectivity index (χ3n) is 3.47. The lowest BCUT2D eigenvalue weighted by Gasteiger charge is -2.44. The Morgan fingerprint density at radius 1 is 1.45 bits per heavy atom. The maximum Gasteiger partial charge on any atom is 0.248 e. The number of thiazole rings is 1. The van der Waals surface area contributed by atoms with Gasteiger partial charge in [0.1, 0.15) is 11.6 Å². The molecule has 0 saturated carbocycles. The van der Waals surface area contributed by atoms with Gasteiger partial charge in [-0.15, -0.1) is 11.3 Å². The molecule has 0 aliphatic carbocycles. The second-order valence-corrected chi connectivity index (χ2v) is 7.16. The molecule has 1 aliphatic heterocycles. The zero-order valence-electron chi connectivity index (χ0n) is 12.6. The Morgan fingerprint density at radius 2 is 2.10 bits per heavy atom. The van der Waals surface area contributed by atoms with Gasteiger partial charge in [0.05, 0.1) is 17.2 Å². The Morgan fingerprint density at radius 3 is 2.60 bits per heavy atom. The molecule has 1 aromatic heterocycles. The Bertz CT molecular complexity index is 536.